The van der Waals surface area contributed by atoms with Gasteiger partial charge in [-0.15, -0.1) is 0 Å². The maximum Gasteiger partial charge on any atom is 0.225 e. The summed E-state index contributed by atoms with van der Waals surface area (Å²) in [5.41, 5.74) is 0. The fraction of sp³-hybridized carbons (Fsp3) is 0.818. The fourth-order valence-corrected chi connectivity index (χ4v) is 2.41. The summed E-state index contributed by atoms with van der Waals surface area (Å²) in [6, 6.07) is 0. The largest absolute Gasteiger partial charge is 0.393 e. The van der Waals surface area contributed by atoms with E-state index in [1.54, 1.807) is 0 Å². The van der Waals surface area contributed by atoms with Gasteiger partial charge in [-0.3, -0.25) is 9.59 Å². The van der Waals surface area contributed by atoms with Gasteiger partial charge in [0, 0.05) is 19.5 Å². The van der Waals surface area contributed by atoms with Gasteiger partial charge in [-0.25, -0.2) is 0 Å². The molecular weight excluding hydrogens is 208 g/mol. The first-order chi connectivity index (χ1) is 7.65. The standard InChI is InChI=1S/C11H18N2O3/c14-9-2-1-7(3-9)5-13-11(16)8-4-10(15)12-6-8/h7-9,14H,1-6H2,(H,12,15)(H,13,16). The van der Waals surface area contributed by atoms with Crippen molar-refractivity contribution in [2.24, 2.45) is 11.8 Å². The second-order valence-electron chi connectivity index (χ2n) is 4.78. The van der Waals surface area contributed by atoms with Crippen LogP contribution >= 0.6 is 0 Å². The third-order valence-electron chi connectivity index (χ3n) is 3.43. The second kappa shape index (κ2) is 4.82. The van der Waals surface area contributed by atoms with Crippen LogP contribution in [0, 0.1) is 11.8 Å². The van der Waals surface area contributed by atoms with Crippen LogP contribution in [0.25, 0.3) is 0 Å². The van der Waals surface area contributed by atoms with Gasteiger partial charge in [-0.1, -0.05) is 0 Å². The van der Waals surface area contributed by atoms with Crippen molar-refractivity contribution in [3.8, 4) is 0 Å². The van der Waals surface area contributed by atoms with Crippen LogP contribution < -0.4 is 10.6 Å². The third kappa shape index (κ3) is 2.72. The molecule has 0 radical (unpaired) electrons. The highest BCUT2D eigenvalue weighted by Gasteiger charge is 2.29. The lowest BCUT2D eigenvalue weighted by molar-refractivity contribution is -0.126. The van der Waals surface area contributed by atoms with Crippen molar-refractivity contribution in [1.82, 2.24) is 10.6 Å². The Balaban J connectivity index is 1.69. The lowest BCUT2D eigenvalue weighted by atomic mass is 10.1. The molecule has 1 saturated heterocycles. The van der Waals surface area contributed by atoms with Crippen LogP contribution in [0.2, 0.25) is 0 Å². The number of nitrogens with one attached hydrogen (secondary N) is 2. The van der Waals surface area contributed by atoms with Crippen LogP contribution in [-0.2, 0) is 9.59 Å². The van der Waals surface area contributed by atoms with E-state index in [4.69, 9.17) is 0 Å². The van der Waals surface area contributed by atoms with E-state index in [9.17, 15) is 14.7 Å². The van der Waals surface area contributed by atoms with Crippen LogP contribution in [0.5, 0.6) is 0 Å². The zero-order valence-electron chi connectivity index (χ0n) is 9.24. The summed E-state index contributed by atoms with van der Waals surface area (Å²) in [7, 11) is 0. The van der Waals surface area contributed by atoms with Gasteiger partial charge in [-0.05, 0) is 25.2 Å². The smallest absolute Gasteiger partial charge is 0.225 e. The molecule has 1 aliphatic heterocycles. The van der Waals surface area contributed by atoms with Gasteiger partial charge in [0.1, 0.15) is 0 Å². The molecule has 3 N–H and O–H groups in total. The zero-order valence-corrected chi connectivity index (χ0v) is 9.24. The predicted octanol–water partition coefficient (Wildman–Crippen LogP) is -0.600. The molecule has 90 valence electrons. The maximum atomic E-state index is 11.7. The average Bonchev–Trinajstić information content (AvgIpc) is 2.84. The lowest BCUT2D eigenvalue weighted by Crippen LogP contribution is -2.34. The van der Waals surface area contributed by atoms with E-state index in [1.165, 1.54) is 0 Å². The molecule has 2 rings (SSSR count). The molecule has 5 nitrogen and oxygen atoms in total. The maximum absolute atomic E-state index is 11.7. The highest BCUT2D eigenvalue weighted by atomic mass is 16.3. The van der Waals surface area contributed by atoms with E-state index in [1.807, 2.05) is 0 Å². The molecule has 0 aromatic carbocycles. The topological polar surface area (TPSA) is 78.4 Å². The van der Waals surface area contributed by atoms with Crippen LogP contribution in [0.15, 0.2) is 0 Å². The van der Waals surface area contributed by atoms with Crippen molar-refractivity contribution in [1.29, 1.82) is 0 Å². The number of rotatable bonds is 3. The normalized spacial score (nSPS) is 33.8. The average molecular weight is 226 g/mol. The summed E-state index contributed by atoms with van der Waals surface area (Å²) in [6.07, 6.45) is 2.70. The van der Waals surface area contributed by atoms with Crippen molar-refractivity contribution in [2.75, 3.05) is 13.1 Å². The van der Waals surface area contributed by atoms with Crippen LogP contribution in [0.4, 0.5) is 0 Å². The molecule has 3 atom stereocenters. The molecule has 2 fully saturated rings. The lowest BCUT2D eigenvalue weighted by Gasteiger charge is -2.13. The van der Waals surface area contributed by atoms with E-state index in [2.05, 4.69) is 10.6 Å². The summed E-state index contributed by atoms with van der Waals surface area (Å²) in [4.78, 5) is 22.6. The minimum atomic E-state index is -0.209. The van der Waals surface area contributed by atoms with Gasteiger partial charge < -0.3 is 15.7 Å². The SMILES string of the molecule is O=C1CC(C(=O)NCC2CCC(O)C2)CN1. The quantitative estimate of drug-likeness (QED) is 0.601. The summed E-state index contributed by atoms with van der Waals surface area (Å²) in [6.45, 7) is 1.08. The first-order valence-corrected chi connectivity index (χ1v) is 5.87. The molecule has 2 amide bonds. The van der Waals surface area contributed by atoms with Crippen molar-refractivity contribution < 1.29 is 14.7 Å². The summed E-state index contributed by atoms with van der Waals surface area (Å²) in [5, 5.41) is 14.9. The van der Waals surface area contributed by atoms with Crippen LogP contribution in [-0.4, -0.2) is 36.1 Å². The summed E-state index contributed by atoms with van der Waals surface area (Å²) >= 11 is 0. The van der Waals surface area contributed by atoms with E-state index in [0.717, 1.165) is 19.3 Å². The second-order valence-corrected chi connectivity index (χ2v) is 4.78. The first-order valence-electron chi connectivity index (χ1n) is 5.87. The molecule has 16 heavy (non-hydrogen) atoms. The fourth-order valence-electron chi connectivity index (χ4n) is 2.41. The molecule has 2 aliphatic rings. The highest BCUT2D eigenvalue weighted by Crippen LogP contribution is 2.24. The Hall–Kier alpha value is -1.10. The Bertz CT molecular complexity index is 293. The molecule has 0 spiro atoms. The van der Waals surface area contributed by atoms with Gasteiger partial charge in [0.15, 0.2) is 0 Å². The van der Waals surface area contributed by atoms with Gasteiger partial charge in [0.2, 0.25) is 11.8 Å². The Morgan fingerprint density at radius 1 is 1.50 bits per heavy atom. The molecule has 0 bridgehead atoms. The molecule has 3 unspecified atom stereocenters. The molecular formula is C11H18N2O3. The number of aliphatic hydroxyl groups is 1. The number of carbonyl (C=O) groups excluding carboxylic acids is 2. The Kier molecular flexibility index (Phi) is 3.43. The molecule has 0 aromatic heterocycles. The van der Waals surface area contributed by atoms with Gasteiger partial charge in [0.05, 0.1) is 12.0 Å². The number of amides is 2. The minimum absolute atomic E-state index is 0.0419. The molecule has 0 aromatic rings. The van der Waals surface area contributed by atoms with E-state index >= 15 is 0 Å². The number of carbonyl (C=O) groups is 2. The molecule has 1 heterocycles. The van der Waals surface area contributed by atoms with Crippen LogP contribution in [0.3, 0.4) is 0 Å². The number of hydrogen-bond acceptors (Lipinski definition) is 3. The Morgan fingerprint density at radius 2 is 2.31 bits per heavy atom. The summed E-state index contributed by atoms with van der Waals surface area (Å²) < 4.78 is 0. The van der Waals surface area contributed by atoms with Crippen molar-refractivity contribution in [3.05, 3.63) is 0 Å². The monoisotopic (exact) mass is 226 g/mol. The Morgan fingerprint density at radius 3 is 2.88 bits per heavy atom. The van der Waals surface area contributed by atoms with Gasteiger partial charge in [0.25, 0.3) is 0 Å². The Labute approximate surface area is 94.6 Å². The molecule has 1 saturated carbocycles. The van der Waals surface area contributed by atoms with E-state index in [0.29, 0.717) is 25.4 Å². The predicted molar refractivity (Wildman–Crippen MR) is 57.5 cm³/mol. The van der Waals surface area contributed by atoms with E-state index in [-0.39, 0.29) is 23.8 Å². The molecule has 1 aliphatic carbocycles. The van der Waals surface area contributed by atoms with Gasteiger partial charge in [-0.2, -0.15) is 0 Å². The van der Waals surface area contributed by atoms with Crippen molar-refractivity contribution >= 4 is 11.8 Å². The summed E-state index contributed by atoms with van der Waals surface area (Å²) in [5.74, 6) is 0.0963. The van der Waals surface area contributed by atoms with E-state index < -0.39 is 0 Å². The molecule has 5 heteroatoms. The number of hydrogen-bond donors (Lipinski definition) is 3. The minimum Gasteiger partial charge on any atom is -0.393 e. The van der Waals surface area contributed by atoms with Crippen LogP contribution in [0.1, 0.15) is 25.7 Å². The first kappa shape index (κ1) is 11.4. The highest BCUT2D eigenvalue weighted by molar-refractivity contribution is 5.89. The third-order valence-corrected chi connectivity index (χ3v) is 3.43. The van der Waals surface area contributed by atoms with Crippen molar-refractivity contribution in [2.45, 2.75) is 31.8 Å². The zero-order chi connectivity index (χ0) is 11.5. The van der Waals surface area contributed by atoms with Gasteiger partial charge >= 0.3 is 0 Å². The van der Waals surface area contributed by atoms with Crippen molar-refractivity contribution in [3.63, 3.8) is 0 Å². The number of aliphatic hydroxyl groups excluding tert-OH is 1.